The molecule has 188 valence electrons. The summed E-state index contributed by atoms with van der Waals surface area (Å²) < 4.78 is 33.7. The lowest BCUT2D eigenvalue weighted by Crippen LogP contribution is -2.36. The standard InChI is InChI=1S/C19H26N3O11P/c20-15-4-5-22(19(27)21-15)18-17(26)16(25)14(33-18)10-32-34(28,29)31-8-11-2-1-3-13(6-11)30-9-12(24)7-23/h1-6,12,14,16-18,23-26H,7-10H2,(H,28,29)(H2,20,21,27). The molecule has 1 aromatic carbocycles. The van der Waals surface area contributed by atoms with E-state index in [4.69, 9.17) is 29.4 Å². The van der Waals surface area contributed by atoms with Crippen LogP contribution >= 0.6 is 7.82 Å². The van der Waals surface area contributed by atoms with Crippen LogP contribution in [0.5, 0.6) is 5.75 Å². The zero-order valence-corrected chi connectivity index (χ0v) is 18.7. The predicted octanol–water partition coefficient (Wildman–Crippen LogP) is -1.49. The molecule has 15 heteroatoms. The lowest BCUT2D eigenvalue weighted by molar-refractivity contribution is -0.0553. The molecule has 6 atom stereocenters. The summed E-state index contributed by atoms with van der Waals surface area (Å²) in [6, 6.07) is 7.59. The molecule has 0 spiro atoms. The Morgan fingerprint density at radius 1 is 1.24 bits per heavy atom. The van der Waals surface area contributed by atoms with Crippen LogP contribution in [0, 0.1) is 0 Å². The summed E-state index contributed by atoms with van der Waals surface area (Å²) in [5.74, 6) is 0.310. The average Bonchev–Trinajstić information content (AvgIpc) is 3.09. The predicted molar refractivity (Wildman–Crippen MR) is 114 cm³/mol. The number of phosphoric ester groups is 1. The van der Waals surface area contributed by atoms with Gasteiger partial charge in [-0.15, -0.1) is 0 Å². The van der Waals surface area contributed by atoms with E-state index in [0.29, 0.717) is 11.3 Å². The van der Waals surface area contributed by atoms with E-state index in [0.717, 1.165) is 4.57 Å². The Bertz CT molecular complexity index is 1070. The summed E-state index contributed by atoms with van der Waals surface area (Å²) in [5.41, 5.74) is 5.07. The molecule has 14 nitrogen and oxygen atoms in total. The molecule has 1 aliphatic heterocycles. The molecule has 7 N–H and O–H groups in total. The van der Waals surface area contributed by atoms with E-state index in [9.17, 15) is 29.6 Å². The minimum absolute atomic E-state index is 0.0348. The summed E-state index contributed by atoms with van der Waals surface area (Å²) in [6.07, 6.45) is -5.44. The fourth-order valence-corrected chi connectivity index (χ4v) is 3.77. The van der Waals surface area contributed by atoms with Gasteiger partial charge < -0.3 is 40.5 Å². The lowest BCUT2D eigenvalue weighted by atomic mass is 10.1. The molecule has 3 rings (SSSR count). The van der Waals surface area contributed by atoms with Gasteiger partial charge in [-0.05, 0) is 23.8 Å². The summed E-state index contributed by atoms with van der Waals surface area (Å²) >= 11 is 0. The van der Waals surface area contributed by atoms with E-state index in [-0.39, 0.29) is 19.0 Å². The molecule has 1 aromatic heterocycles. The van der Waals surface area contributed by atoms with Crippen molar-refractivity contribution < 1.29 is 48.4 Å². The van der Waals surface area contributed by atoms with Gasteiger partial charge >= 0.3 is 13.5 Å². The second kappa shape index (κ2) is 11.4. The summed E-state index contributed by atoms with van der Waals surface area (Å²) in [4.78, 5) is 25.4. The SMILES string of the molecule is Nc1ccn(C2OC(COP(=O)(O)OCc3cccc(OCC(O)CO)c3)C(O)C2O)c(=O)n1. The van der Waals surface area contributed by atoms with Gasteiger partial charge in [0.15, 0.2) is 6.23 Å². The third-order valence-corrected chi connectivity index (χ3v) is 5.74. The molecule has 2 heterocycles. The van der Waals surface area contributed by atoms with Crippen molar-refractivity contribution in [3.05, 3.63) is 52.6 Å². The molecule has 34 heavy (non-hydrogen) atoms. The number of hydrogen-bond acceptors (Lipinski definition) is 12. The molecule has 1 aliphatic rings. The number of aliphatic hydroxyl groups is 4. The number of rotatable bonds is 11. The number of aromatic nitrogens is 2. The Balaban J connectivity index is 1.54. The molecule has 2 aromatic rings. The van der Waals surface area contributed by atoms with Crippen LogP contribution in [0.4, 0.5) is 5.82 Å². The molecule has 1 fully saturated rings. The molecule has 0 saturated carbocycles. The number of benzene rings is 1. The van der Waals surface area contributed by atoms with Gasteiger partial charge in [-0.2, -0.15) is 4.98 Å². The molecule has 0 bridgehead atoms. The van der Waals surface area contributed by atoms with Crippen LogP contribution in [-0.4, -0.2) is 79.1 Å². The highest BCUT2D eigenvalue weighted by Gasteiger charge is 2.45. The van der Waals surface area contributed by atoms with Crippen molar-refractivity contribution >= 4 is 13.6 Å². The first-order valence-electron chi connectivity index (χ1n) is 10.1. The Labute approximate surface area is 193 Å². The Kier molecular flexibility index (Phi) is 8.76. The molecular formula is C19H26N3O11P. The van der Waals surface area contributed by atoms with Crippen molar-refractivity contribution in [1.29, 1.82) is 0 Å². The van der Waals surface area contributed by atoms with E-state index < -0.39 is 57.4 Å². The van der Waals surface area contributed by atoms with Crippen LogP contribution in [0.25, 0.3) is 0 Å². The van der Waals surface area contributed by atoms with E-state index in [1.54, 1.807) is 18.2 Å². The number of aliphatic hydroxyl groups excluding tert-OH is 4. The first-order valence-corrected chi connectivity index (χ1v) is 11.6. The quantitative estimate of drug-likeness (QED) is 0.193. The monoisotopic (exact) mass is 503 g/mol. The molecule has 0 radical (unpaired) electrons. The Morgan fingerprint density at radius 2 is 2.00 bits per heavy atom. The van der Waals surface area contributed by atoms with Gasteiger partial charge in [-0.1, -0.05) is 12.1 Å². The van der Waals surface area contributed by atoms with Gasteiger partial charge in [0, 0.05) is 6.20 Å². The van der Waals surface area contributed by atoms with Gasteiger partial charge in [0.2, 0.25) is 0 Å². The summed E-state index contributed by atoms with van der Waals surface area (Å²) in [6.45, 7) is -1.56. The van der Waals surface area contributed by atoms with E-state index in [1.807, 2.05) is 0 Å². The number of anilines is 1. The van der Waals surface area contributed by atoms with Gasteiger partial charge in [0.25, 0.3) is 0 Å². The van der Waals surface area contributed by atoms with Crippen LogP contribution in [0.15, 0.2) is 41.3 Å². The van der Waals surface area contributed by atoms with Crippen molar-refractivity contribution in [2.45, 2.75) is 37.3 Å². The highest BCUT2D eigenvalue weighted by molar-refractivity contribution is 7.47. The van der Waals surface area contributed by atoms with Gasteiger partial charge in [0.05, 0.1) is 19.8 Å². The largest absolute Gasteiger partial charge is 0.491 e. The van der Waals surface area contributed by atoms with Crippen molar-refractivity contribution in [1.82, 2.24) is 9.55 Å². The fourth-order valence-electron chi connectivity index (χ4n) is 3.05. The number of ether oxygens (including phenoxy) is 2. The third-order valence-electron chi connectivity index (χ3n) is 4.81. The van der Waals surface area contributed by atoms with Crippen LogP contribution in [0.3, 0.4) is 0 Å². The van der Waals surface area contributed by atoms with Crippen LogP contribution in [0.2, 0.25) is 0 Å². The number of nitrogens with two attached hydrogens (primary N) is 1. The normalized spacial score (nSPS) is 25.1. The van der Waals surface area contributed by atoms with Crippen molar-refractivity contribution in [2.75, 3.05) is 25.6 Å². The maximum atomic E-state index is 12.3. The van der Waals surface area contributed by atoms with E-state index in [1.165, 1.54) is 18.3 Å². The zero-order chi connectivity index (χ0) is 24.9. The van der Waals surface area contributed by atoms with E-state index >= 15 is 0 Å². The second-order valence-corrected chi connectivity index (χ2v) is 8.87. The first-order chi connectivity index (χ1) is 16.1. The molecular weight excluding hydrogens is 477 g/mol. The molecule has 6 unspecified atom stereocenters. The molecule has 1 saturated heterocycles. The van der Waals surface area contributed by atoms with Gasteiger partial charge in [-0.25, -0.2) is 9.36 Å². The lowest BCUT2D eigenvalue weighted by Gasteiger charge is -2.18. The summed E-state index contributed by atoms with van der Waals surface area (Å²) in [7, 11) is -4.60. The van der Waals surface area contributed by atoms with E-state index in [2.05, 4.69) is 4.98 Å². The Hall–Kier alpha value is -2.39. The van der Waals surface area contributed by atoms with Crippen molar-refractivity contribution in [3.8, 4) is 5.75 Å². The zero-order valence-electron chi connectivity index (χ0n) is 17.8. The maximum Gasteiger partial charge on any atom is 0.472 e. The van der Waals surface area contributed by atoms with Gasteiger partial charge in [0.1, 0.15) is 42.6 Å². The molecule has 0 amide bonds. The average molecular weight is 503 g/mol. The number of nitrogens with zero attached hydrogens (tertiary/aromatic N) is 2. The minimum atomic E-state index is -4.60. The fraction of sp³-hybridized carbons (Fsp3) is 0.474. The maximum absolute atomic E-state index is 12.3. The Morgan fingerprint density at radius 3 is 2.71 bits per heavy atom. The van der Waals surface area contributed by atoms with Crippen LogP contribution < -0.4 is 16.2 Å². The minimum Gasteiger partial charge on any atom is -0.491 e. The number of phosphoric acid groups is 1. The van der Waals surface area contributed by atoms with Crippen LogP contribution in [0.1, 0.15) is 11.8 Å². The highest BCUT2D eigenvalue weighted by Crippen LogP contribution is 2.45. The van der Waals surface area contributed by atoms with Crippen LogP contribution in [-0.2, 0) is 25.0 Å². The number of hydrogen-bond donors (Lipinski definition) is 6. The van der Waals surface area contributed by atoms with Crippen molar-refractivity contribution in [3.63, 3.8) is 0 Å². The first kappa shape index (κ1) is 26.2. The topological polar surface area (TPSA) is 216 Å². The van der Waals surface area contributed by atoms with Gasteiger partial charge in [-0.3, -0.25) is 13.6 Å². The molecule has 0 aliphatic carbocycles. The smallest absolute Gasteiger partial charge is 0.472 e. The second-order valence-electron chi connectivity index (χ2n) is 7.42. The number of nitrogen functional groups attached to an aromatic ring is 1. The van der Waals surface area contributed by atoms with Crippen molar-refractivity contribution in [2.24, 2.45) is 0 Å². The third kappa shape index (κ3) is 6.82. The summed E-state index contributed by atoms with van der Waals surface area (Å²) in [5, 5.41) is 38.6. The highest BCUT2D eigenvalue weighted by atomic mass is 31.2.